The van der Waals surface area contributed by atoms with Crippen molar-refractivity contribution >= 4 is 5.69 Å². The van der Waals surface area contributed by atoms with E-state index >= 15 is 0 Å². The van der Waals surface area contributed by atoms with Gasteiger partial charge in [-0.05, 0) is 50.9 Å². The number of nitrogens with zero attached hydrogens (tertiary/aromatic N) is 1. The minimum Gasteiger partial charge on any atom is -0.370 e. The summed E-state index contributed by atoms with van der Waals surface area (Å²) in [4.78, 5) is 2.28. The molecule has 3 heteroatoms. The van der Waals surface area contributed by atoms with Crippen LogP contribution in [0.25, 0.3) is 0 Å². The second-order valence-electron chi connectivity index (χ2n) is 5.81. The molecule has 1 aliphatic carbocycles. The summed E-state index contributed by atoms with van der Waals surface area (Å²) in [5, 5.41) is 3.49. The molecule has 1 aliphatic rings. The fourth-order valence-electron chi connectivity index (χ4n) is 3.34. The summed E-state index contributed by atoms with van der Waals surface area (Å²) in [5.74, 6) is 0.607. The zero-order valence-electron chi connectivity index (χ0n) is 12.7. The molecule has 0 aliphatic heterocycles. The van der Waals surface area contributed by atoms with Gasteiger partial charge in [0.25, 0.3) is 0 Å². The summed E-state index contributed by atoms with van der Waals surface area (Å²) >= 11 is 0. The van der Waals surface area contributed by atoms with E-state index in [2.05, 4.69) is 24.2 Å². The van der Waals surface area contributed by atoms with Crippen LogP contribution in [-0.4, -0.2) is 26.2 Å². The first kappa shape index (κ1) is 15.3. The number of halogens is 1. The van der Waals surface area contributed by atoms with Crippen molar-refractivity contribution in [2.45, 2.75) is 45.1 Å². The Morgan fingerprint density at radius 3 is 2.65 bits per heavy atom. The quantitative estimate of drug-likeness (QED) is 0.851. The van der Waals surface area contributed by atoms with Crippen molar-refractivity contribution in [1.82, 2.24) is 5.32 Å². The van der Waals surface area contributed by atoms with Gasteiger partial charge in [0.15, 0.2) is 0 Å². The summed E-state index contributed by atoms with van der Waals surface area (Å²) in [5.41, 5.74) is 0.989. The maximum absolute atomic E-state index is 13.4. The number of likely N-dealkylation sites (N-methyl/N-ethyl adjacent to an activating group) is 2. The van der Waals surface area contributed by atoms with Gasteiger partial charge in [0.05, 0.1) is 0 Å². The maximum Gasteiger partial charge on any atom is 0.125 e. The molecule has 0 heterocycles. The first-order chi connectivity index (χ1) is 9.74. The van der Waals surface area contributed by atoms with Crippen molar-refractivity contribution in [3.05, 3.63) is 30.1 Å². The molecule has 20 heavy (non-hydrogen) atoms. The minimum atomic E-state index is -0.153. The van der Waals surface area contributed by atoms with Crippen LogP contribution >= 0.6 is 0 Å². The van der Waals surface area contributed by atoms with E-state index in [1.165, 1.54) is 38.2 Å². The molecule has 2 rings (SSSR count). The molecule has 1 fully saturated rings. The molecular weight excluding hydrogens is 251 g/mol. The molecule has 2 nitrogen and oxygen atoms in total. The average molecular weight is 278 g/mol. The highest BCUT2D eigenvalue weighted by atomic mass is 19.1. The maximum atomic E-state index is 13.4. The Morgan fingerprint density at radius 2 is 2.05 bits per heavy atom. The van der Waals surface area contributed by atoms with Crippen molar-refractivity contribution in [3.63, 3.8) is 0 Å². The molecule has 0 amide bonds. The Morgan fingerprint density at radius 1 is 1.30 bits per heavy atom. The van der Waals surface area contributed by atoms with Crippen LogP contribution in [0.2, 0.25) is 0 Å². The highest BCUT2D eigenvalue weighted by Gasteiger charge is 2.24. The Bertz CT molecular complexity index is 402. The fourth-order valence-corrected chi connectivity index (χ4v) is 3.34. The van der Waals surface area contributed by atoms with E-state index in [1.807, 2.05) is 6.07 Å². The van der Waals surface area contributed by atoms with E-state index in [9.17, 15) is 4.39 Å². The van der Waals surface area contributed by atoms with Gasteiger partial charge in [-0.1, -0.05) is 25.3 Å². The van der Waals surface area contributed by atoms with Gasteiger partial charge < -0.3 is 10.2 Å². The van der Waals surface area contributed by atoms with Crippen LogP contribution in [0.4, 0.5) is 10.1 Å². The molecule has 1 unspecified atom stereocenters. The number of hydrogen-bond donors (Lipinski definition) is 1. The summed E-state index contributed by atoms with van der Waals surface area (Å²) in [6.45, 7) is 4.01. The lowest BCUT2D eigenvalue weighted by molar-refractivity contribution is 0.279. The number of nitrogens with one attached hydrogen (secondary N) is 1. The highest BCUT2D eigenvalue weighted by molar-refractivity contribution is 5.46. The lowest BCUT2D eigenvalue weighted by atomic mass is 9.83. The van der Waals surface area contributed by atoms with Crippen LogP contribution < -0.4 is 10.2 Å². The lowest BCUT2D eigenvalue weighted by Gasteiger charge is -2.35. The number of rotatable bonds is 6. The molecule has 1 atom stereocenters. The second kappa shape index (κ2) is 7.63. The Hall–Kier alpha value is -1.09. The topological polar surface area (TPSA) is 15.3 Å². The van der Waals surface area contributed by atoms with Crippen LogP contribution in [0, 0.1) is 11.7 Å². The molecule has 0 spiro atoms. The van der Waals surface area contributed by atoms with Gasteiger partial charge >= 0.3 is 0 Å². The second-order valence-corrected chi connectivity index (χ2v) is 5.81. The molecule has 1 aromatic carbocycles. The predicted octanol–water partition coefficient (Wildman–Crippen LogP) is 3.82. The number of anilines is 1. The van der Waals surface area contributed by atoms with Crippen molar-refractivity contribution in [3.8, 4) is 0 Å². The van der Waals surface area contributed by atoms with Gasteiger partial charge in [0, 0.05) is 24.8 Å². The van der Waals surface area contributed by atoms with E-state index in [-0.39, 0.29) is 5.82 Å². The van der Waals surface area contributed by atoms with Gasteiger partial charge in [0.1, 0.15) is 5.82 Å². The van der Waals surface area contributed by atoms with Crippen LogP contribution in [0.5, 0.6) is 0 Å². The molecule has 0 aromatic heterocycles. The molecule has 112 valence electrons. The van der Waals surface area contributed by atoms with Crippen LogP contribution in [-0.2, 0) is 0 Å². The smallest absolute Gasteiger partial charge is 0.125 e. The predicted molar refractivity (Wildman–Crippen MR) is 83.7 cm³/mol. The lowest BCUT2D eigenvalue weighted by Crippen LogP contribution is -2.45. The summed E-state index contributed by atoms with van der Waals surface area (Å²) in [7, 11) is 2.05. The van der Waals surface area contributed by atoms with Crippen LogP contribution in [0.15, 0.2) is 24.3 Å². The minimum absolute atomic E-state index is 0.153. The van der Waals surface area contributed by atoms with E-state index in [4.69, 9.17) is 0 Å². The standard InChI is InChI=1S/C17H27FN2/c1-3-20(16-11-7-10-15(18)12-16)13-17(19-2)14-8-5-4-6-9-14/h7,10-12,14,17,19H,3-6,8-9,13H2,1-2H3. The van der Waals surface area contributed by atoms with E-state index in [0.29, 0.717) is 6.04 Å². The number of hydrogen-bond acceptors (Lipinski definition) is 2. The fraction of sp³-hybridized carbons (Fsp3) is 0.647. The molecule has 0 bridgehead atoms. The average Bonchev–Trinajstić information content (AvgIpc) is 2.49. The summed E-state index contributed by atoms with van der Waals surface area (Å²) < 4.78 is 13.4. The van der Waals surface area contributed by atoms with E-state index in [0.717, 1.165) is 24.7 Å². The zero-order valence-corrected chi connectivity index (χ0v) is 12.7. The molecular formula is C17H27FN2. The van der Waals surface area contributed by atoms with Crippen molar-refractivity contribution in [2.24, 2.45) is 5.92 Å². The normalized spacial score (nSPS) is 17.9. The monoisotopic (exact) mass is 278 g/mol. The van der Waals surface area contributed by atoms with Crippen molar-refractivity contribution in [1.29, 1.82) is 0 Å². The van der Waals surface area contributed by atoms with Gasteiger partial charge in [-0.2, -0.15) is 0 Å². The molecule has 1 aromatic rings. The Kier molecular flexibility index (Phi) is 5.84. The highest BCUT2D eigenvalue weighted by Crippen LogP contribution is 2.27. The largest absolute Gasteiger partial charge is 0.370 e. The Balaban J connectivity index is 2.03. The molecule has 1 N–H and O–H groups in total. The van der Waals surface area contributed by atoms with Crippen LogP contribution in [0.1, 0.15) is 39.0 Å². The Labute approximate surface area is 122 Å². The number of benzene rings is 1. The summed E-state index contributed by atoms with van der Waals surface area (Å²) in [6, 6.07) is 7.44. The van der Waals surface area contributed by atoms with Crippen molar-refractivity contribution in [2.75, 3.05) is 25.0 Å². The first-order valence-electron chi connectivity index (χ1n) is 7.92. The summed E-state index contributed by atoms with van der Waals surface area (Å²) in [6.07, 6.45) is 6.75. The van der Waals surface area contributed by atoms with E-state index < -0.39 is 0 Å². The molecule has 0 radical (unpaired) electrons. The van der Waals surface area contributed by atoms with E-state index in [1.54, 1.807) is 12.1 Å². The molecule has 0 saturated heterocycles. The van der Waals surface area contributed by atoms with Gasteiger partial charge in [-0.25, -0.2) is 4.39 Å². The first-order valence-corrected chi connectivity index (χ1v) is 7.92. The van der Waals surface area contributed by atoms with Gasteiger partial charge in [-0.3, -0.25) is 0 Å². The SMILES string of the molecule is CCN(CC(NC)C1CCCCC1)c1cccc(F)c1. The van der Waals surface area contributed by atoms with Crippen LogP contribution in [0.3, 0.4) is 0 Å². The van der Waals surface area contributed by atoms with Crippen molar-refractivity contribution < 1.29 is 4.39 Å². The zero-order chi connectivity index (χ0) is 14.4. The third kappa shape index (κ3) is 3.95. The van der Waals surface area contributed by atoms with Gasteiger partial charge in [0.2, 0.25) is 0 Å². The molecule has 1 saturated carbocycles. The third-order valence-corrected chi connectivity index (χ3v) is 4.56. The third-order valence-electron chi connectivity index (χ3n) is 4.56. The van der Waals surface area contributed by atoms with Gasteiger partial charge in [-0.15, -0.1) is 0 Å².